The van der Waals surface area contributed by atoms with Crippen molar-refractivity contribution in [3.8, 4) is 5.75 Å². The molecule has 0 bridgehead atoms. The quantitative estimate of drug-likeness (QED) is 0.655. The van der Waals surface area contributed by atoms with Crippen LogP contribution in [0.15, 0.2) is 59.9 Å². The molecule has 1 heterocycles. The Labute approximate surface area is 180 Å². The Kier molecular flexibility index (Phi) is 7.07. The van der Waals surface area contributed by atoms with E-state index >= 15 is 0 Å². The van der Waals surface area contributed by atoms with Crippen LogP contribution in [0.3, 0.4) is 0 Å². The van der Waals surface area contributed by atoms with E-state index in [9.17, 15) is 19.1 Å². The predicted octanol–water partition coefficient (Wildman–Crippen LogP) is 3.97. The standard InChI is InChI=1S/C24H26FNO5/c1-15(2)22(27)20-21(26(11-12-30-3)24(29)23(20)28)17-5-4-6-19(13-17)31-14-16-7-9-18(25)10-8-16/h4-10,13,15,21,28H,11-12,14H2,1-3H3. The maximum atomic E-state index is 13.1. The first-order valence-electron chi connectivity index (χ1n) is 10.1. The number of hydrogen-bond donors (Lipinski definition) is 1. The number of Topliss-reactive ketones (excluding diaryl/α,β-unsaturated/α-hetero) is 1. The fourth-order valence-electron chi connectivity index (χ4n) is 3.50. The van der Waals surface area contributed by atoms with E-state index in [4.69, 9.17) is 9.47 Å². The van der Waals surface area contributed by atoms with Crippen molar-refractivity contribution in [2.75, 3.05) is 20.3 Å². The molecule has 1 aliphatic rings. The summed E-state index contributed by atoms with van der Waals surface area (Å²) in [5.74, 6) is -1.56. The molecular formula is C24H26FNO5. The highest BCUT2D eigenvalue weighted by molar-refractivity contribution is 6.09. The zero-order chi connectivity index (χ0) is 22.5. The monoisotopic (exact) mass is 427 g/mol. The molecule has 0 spiro atoms. The topological polar surface area (TPSA) is 76.1 Å². The highest BCUT2D eigenvalue weighted by atomic mass is 19.1. The number of hydrogen-bond acceptors (Lipinski definition) is 5. The van der Waals surface area contributed by atoms with Crippen LogP contribution in [0, 0.1) is 11.7 Å². The van der Waals surface area contributed by atoms with Gasteiger partial charge in [0.05, 0.1) is 18.2 Å². The number of aliphatic hydroxyl groups is 1. The first kappa shape index (κ1) is 22.5. The van der Waals surface area contributed by atoms with Crippen molar-refractivity contribution in [3.63, 3.8) is 0 Å². The van der Waals surface area contributed by atoms with E-state index in [1.807, 2.05) is 0 Å². The van der Waals surface area contributed by atoms with Crippen LogP contribution < -0.4 is 4.74 Å². The summed E-state index contributed by atoms with van der Waals surface area (Å²) in [7, 11) is 1.52. The molecule has 1 N–H and O–H groups in total. The summed E-state index contributed by atoms with van der Waals surface area (Å²) < 4.78 is 24.0. The molecule has 2 aromatic rings. The van der Waals surface area contributed by atoms with Crippen molar-refractivity contribution in [3.05, 3.63) is 76.8 Å². The van der Waals surface area contributed by atoms with Crippen LogP contribution in [0.5, 0.6) is 5.75 Å². The van der Waals surface area contributed by atoms with Crippen molar-refractivity contribution < 1.29 is 28.6 Å². The zero-order valence-electron chi connectivity index (χ0n) is 17.8. The van der Waals surface area contributed by atoms with Gasteiger partial charge in [0.25, 0.3) is 5.91 Å². The second kappa shape index (κ2) is 9.75. The number of ether oxygens (including phenoxy) is 2. The van der Waals surface area contributed by atoms with Crippen LogP contribution in [0.2, 0.25) is 0 Å². The lowest BCUT2D eigenvalue weighted by molar-refractivity contribution is -0.130. The number of carbonyl (C=O) groups excluding carboxylic acids is 2. The van der Waals surface area contributed by atoms with Gasteiger partial charge in [-0.25, -0.2) is 4.39 Å². The van der Waals surface area contributed by atoms with E-state index in [1.54, 1.807) is 50.2 Å². The molecule has 0 fully saturated rings. The molecule has 1 aliphatic heterocycles. The van der Waals surface area contributed by atoms with Gasteiger partial charge >= 0.3 is 0 Å². The third kappa shape index (κ3) is 4.94. The van der Waals surface area contributed by atoms with Gasteiger partial charge in [-0.3, -0.25) is 9.59 Å². The summed E-state index contributed by atoms with van der Waals surface area (Å²) in [6, 6.07) is 12.3. The summed E-state index contributed by atoms with van der Waals surface area (Å²) in [6.45, 7) is 4.17. The number of methoxy groups -OCH3 is 1. The van der Waals surface area contributed by atoms with E-state index in [0.717, 1.165) is 5.56 Å². The van der Waals surface area contributed by atoms with E-state index in [2.05, 4.69) is 0 Å². The Balaban J connectivity index is 1.90. The Morgan fingerprint density at radius 3 is 2.55 bits per heavy atom. The highest BCUT2D eigenvalue weighted by Gasteiger charge is 2.43. The SMILES string of the molecule is COCCN1C(=O)C(O)=C(C(=O)C(C)C)C1c1cccc(OCc2ccc(F)cc2)c1. The minimum absolute atomic E-state index is 0.0896. The molecule has 1 unspecified atom stereocenters. The fraction of sp³-hybridized carbons (Fsp3) is 0.333. The van der Waals surface area contributed by atoms with Gasteiger partial charge in [-0.1, -0.05) is 38.1 Å². The van der Waals surface area contributed by atoms with Gasteiger partial charge in [0, 0.05) is 19.6 Å². The molecule has 7 heteroatoms. The number of amides is 1. The van der Waals surface area contributed by atoms with Crippen molar-refractivity contribution in [1.82, 2.24) is 4.90 Å². The molecule has 0 saturated carbocycles. The number of halogens is 1. The number of rotatable bonds is 9. The number of carbonyl (C=O) groups is 2. The van der Waals surface area contributed by atoms with Crippen molar-refractivity contribution in [1.29, 1.82) is 0 Å². The van der Waals surface area contributed by atoms with Crippen LogP contribution in [0.4, 0.5) is 4.39 Å². The van der Waals surface area contributed by atoms with E-state index in [-0.39, 0.29) is 42.8 Å². The summed E-state index contributed by atoms with van der Waals surface area (Å²) in [6.07, 6.45) is 0. The fourth-order valence-corrected chi connectivity index (χ4v) is 3.50. The number of nitrogens with zero attached hydrogens (tertiary/aromatic N) is 1. The number of benzene rings is 2. The number of ketones is 1. The number of aliphatic hydroxyl groups excluding tert-OH is 1. The normalized spacial score (nSPS) is 16.4. The van der Waals surface area contributed by atoms with Gasteiger partial charge in [-0.15, -0.1) is 0 Å². The lowest BCUT2D eigenvalue weighted by Gasteiger charge is -2.27. The zero-order valence-corrected chi connectivity index (χ0v) is 17.8. The van der Waals surface area contributed by atoms with E-state index in [1.165, 1.54) is 24.1 Å². The molecule has 1 amide bonds. The van der Waals surface area contributed by atoms with Gasteiger partial charge in [-0.2, -0.15) is 0 Å². The Morgan fingerprint density at radius 2 is 1.90 bits per heavy atom. The summed E-state index contributed by atoms with van der Waals surface area (Å²) in [5.41, 5.74) is 1.54. The van der Waals surface area contributed by atoms with Crippen molar-refractivity contribution in [2.24, 2.45) is 5.92 Å². The third-order valence-corrected chi connectivity index (χ3v) is 5.12. The molecule has 0 radical (unpaired) electrons. The molecule has 0 aromatic heterocycles. The van der Waals surface area contributed by atoms with Crippen LogP contribution in [0.25, 0.3) is 0 Å². The lowest BCUT2D eigenvalue weighted by atomic mass is 9.91. The second-order valence-electron chi connectivity index (χ2n) is 7.66. The second-order valence-corrected chi connectivity index (χ2v) is 7.66. The Hall–Kier alpha value is -3.19. The minimum atomic E-state index is -0.730. The average Bonchev–Trinajstić information content (AvgIpc) is 3.01. The van der Waals surface area contributed by atoms with Crippen LogP contribution in [-0.4, -0.2) is 42.0 Å². The lowest BCUT2D eigenvalue weighted by Crippen LogP contribution is -2.34. The van der Waals surface area contributed by atoms with Gasteiger partial charge in [-0.05, 0) is 35.4 Å². The van der Waals surface area contributed by atoms with Crippen molar-refractivity contribution in [2.45, 2.75) is 26.5 Å². The van der Waals surface area contributed by atoms with Crippen LogP contribution >= 0.6 is 0 Å². The molecule has 31 heavy (non-hydrogen) atoms. The van der Waals surface area contributed by atoms with Crippen LogP contribution in [0.1, 0.15) is 31.0 Å². The molecule has 3 rings (SSSR count). The summed E-state index contributed by atoms with van der Waals surface area (Å²) in [4.78, 5) is 27.0. The maximum absolute atomic E-state index is 13.1. The van der Waals surface area contributed by atoms with E-state index in [0.29, 0.717) is 11.3 Å². The Bertz CT molecular complexity index is 984. The third-order valence-electron chi connectivity index (χ3n) is 5.12. The molecule has 164 valence electrons. The molecule has 1 atom stereocenters. The average molecular weight is 427 g/mol. The first-order valence-corrected chi connectivity index (χ1v) is 10.1. The van der Waals surface area contributed by atoms with Crippen LogP contribution in [-0.2, 0) is 20.9 Å². The van der Waals surface area contributed by atoms with Gasteiger partial charge in [0.2, 0.25) is 0 Å². The van der Waals surface area contributed by atoms with Crippen molar-refractivity contribution >= 4 is 11.7 Å². The predicted molar refractivity (Wildman–Crippen MR) is 113 cm³/mol. The first-order chi connectivity index (χ1) is 14.8. The summed E-state index contributed by atoms with van der Waals surface area (Å²) >= 11 is 0. The van der Waals surface area contributed by atoms with Gasteiger partial charge < -0.3 is 19.5 Å². The summed E-state index contributed by atoms with van der Waals surface area (Å²) in [5, 5.41) is 10.5. The molecule has 0 saturated heterocycles. The van der Waals surface area contributed by atoms with Gasteiger partial charge in [0.1, 0.15) is 18.2 Å². The van der Waals surface area contributed by atoms with E-state index < -0.39 is 17.7 Å². The Morgan fingerprint density at radius 1 is 1.19 bits per heavy atom. The van der Waals surface area contributed by atoms with Gasteiger partial charge in [0.15, 0.2) is 11.5 Å². The minimum Gasteiger partial charge on any atom is -0.503 e. The molecule has 2 aromatic carbocycles. The maximum Gasteiger partial charge on any atom is 0.290 e. The smallest absolute Gasteiger partial charge is 0.290 e. The molecular weight excluding hydrogens is 401 g/mol. The molecule has 6 nitrogen and oxygen atoms in total. The largest absolute Gasteiger partial charge is 0.503 e. The molecule has 0 aliphatic carbocycles. The highest BCUT2D eigenvalue weighted by Crippen LogP contribution is 2.39.